The molecule has 26 heavy (non-hydrogen) atoms. The van der Waals surface area contributed by atoms with Crippen molar-refractivity contribution < 1.29 is 14.9 Å². The average Bonchev–Trinajstić information content (AvgIpc) is 3.15. The second-order valence-corrected chi connectivity index (χ2v) is 8.28. The van der Waals surface area contributed by atoms with E-state index in [9.17, 15) is 5.11 Å². The van der Waals surface area contributed by atoms with E-state index in [1.807, 2.05) is 25.1 Å². The summed E-state index contributed by atoms with van der Waals surface area (Å²) >= 11 is 8.07. The van der Waals surface area contributed by atoms with Crippen molar-refractivity contribution in [2.24, 2.45) is 0 Å². The van der Waals surface area contributed by atoms with Crippen LogP contribution in [0.3, 0.4) is 0 Å². The number of aromatic hydroxyl groups is 1. The van der Waals surface area contributed by atoms with Gasteiger partial charge < -0.3 is 14.9 Å². The van der Waals surface area contributed by atoms with Crippen LogP contribution in [-0.2, 0) is 0 Å². The molecule has 4 rings (SSSR count). The van der Waals surface area contributed by atoms with E-state index in [-0.39, 0.29) is 11.9 Å². The van der Waals surface area contributed by atoms with Crippen molar-refractivity contribution in [3.8, 4) is 5.88 Å². The molecule has 0 aliphatic carbocycles. The fourth-order valence-corrected chi connectivity index (χ4v) is 5.28. The number of benzene rings is 1. The highest BCUT2D eigenvalue weighted by atomic mass is 35.5. The summed E-state index contributed by atoms with van der Waals surface area (Å²) in [6, 6.07) is 7.95. The quantitative estimate of drug-likeness (QED) is 0.599. The van der Waals surface area contributed by atoms with Crippen LogP contribution in [0.5, 0.6) is 5.88 Å². The van der Waals surface area contributed by atoms with Crippen LogP contribution < -0.4 is 9.80 Å². The van der Waals surface area contributed by atoms with Crippen LogP contribution in [0.2, 0.25) is 5.02 Å². The fourth-order valence-electron chi connectivity index (χ4n) is 3.86. The van der Waals surface area contributed by atoms with Crippen molar-refractivity contribution in [1.29, 1.82) is 0 Å². The van der Waals surface area contributed by atoms with E-state index < -0.39 is 0 Å². The minimum absolute atomic E-state index is 0.00378. The Hall–Kier alpha value is -1.67. The molecule has 1 fully saturated rings. The highest BCUT2D eigenvalue weighted by Crippen LogP contribution is 2.37. The topological polar surface area (TPSA) is 59.3 Å². The van der Waals surface area contributed by atoms with Gasteiger partial charge in [0.2, 0.25) is 10.8 Å². The van der Waals surface area contributed by atoms with Crippen LogP contribution in [0, 0.1) is 6.92 Å². The number of nitrogens with zero attached hydrogens (tertiary/aromatic N) is 3. The van der Waals surface area contributed by atoms with Crippen LogP contribution in [0.25, 0.3) is 4.96 Å². The molecule has 1 aliphatic heterocycles. The largest absolute Gasteiger partial charge is 0.492 e. The summed E-state index contributed by atoms with van der Waals surface area (Å²) in [7, 11) is 0. The van der Waals surface area contributed by atoms with Gasteiger partial charge in [0, 0.05) is 5.56 Å². The third-order valence-electron chi connectivity index (χ3n) is 5.29. The van der Waals surface area contributed by atoms with Gasteiger partial charge in [-0.15, -0.1) is 5.10 Å². The van der Waals surface area contributed by atoms with Gasteiger partial charge in [-0.05, 0) is 19.9 Å². The van der Waals surface area contributed by atoms with Gasteiger partial charge in [-0.2, -0.15) is 4.52 Å². The van der Waals surface area contributed by atoms with Crippen LogP contribution in [0.1, 0.15) is 29.2 Å². The van der Waals surface area contributed by atoms with Gasteiger partial charge in [-0.1, -0.05) is 41.1 Å². The molecule has 1 atom stereocenters. The molecule has 6 nitrogen and oxygen atoms in total. The molecule has 1 aliphatic rings. The van der Waals surface area contributed by atoms with Crippen molar-refractivity contribution in [2.45, 2.75) is 19.9 Å². The Balaban J connectivity index is 1.78. The van der Waals surface area contributed by atoms with Gasteiger partial charge in [0.25, 0.3) is 0 Å². The molecule has 138 valence electrons. The number of halogens is 1. The van der Waals surface area contributed by atoms with Gasteiger partial charge in [-0.25, -0.2) is 4.98 Å². The summed E-state index contributed by atoms with van der Waals surface area (Å²) in [6.45, 7) is 9.59. The second-order valence-electron chi connectivity index (χ2n) is 6.86. The molecule has 3 aromatic rings. The molecule has 0 amide bonds. The van der Waals surface area contributed by atoms with E-state index in [0.717, 1.165) is 53.1 Å². The molecular weight excluding hydrogens is 370 g/mol. The van der Waals surface area contributed by atoms with Crippen molar-refractivity contribution in [3.63, 3.8) is 0 Å². The second kappa shape index (κ2) is 7.15. The number of rotatable bonds is 4. The van der Waals surface area contributed by atoms with Crippen molar-refractivity contribution >= 4 is 27.9 Å². The molecule has 3 N–H and O–H groups in total. The highest BCUT2D eigenvalue weighted by Gasteiger charge is 2.36. The molecule has 8 heteroatoms. The van der Waals surface area contributed by atoms with E-state index in [2.05, 4.69) is 23.1 Å². The molecule has 1 aromatic carbocycles. The van der Waals surface area contributed by atoms with Gasteiger partial charge in [0.15, 0.2) is 6.04 Å². The highest BCUT2D eigenvalue weighted by molar-refractivity contribution is 7.17. The first-order chi connectivity index (χ1) is 12.6. The summed E-state index contributed by atoms with van der Waals surface area (Å²) in [5.41, 5.74) is 1.06. The lowest BCUT2D eigenvalue weighted by Crippen LogP contribution is -3.28. The normalized spacial score (nSPS) is 22.0. The summed E-state index contributed by atoms with van der Waals surface area (Å²) in [4.78, 5) is 9.12. The zero-order valence-electron chi connectivity index (χ0n) is 15.0. The van der Waals surface area contributed by atoms with E-state index in [0.29, 0.717) is 5.82 Å². The van der Waals surface area contributed by atoms with E-state index in [4.69, 9.17) is 11.6 Å². The molecule has 0 spiro atoms. The Morgan fingerprint density at radius 1 is 1.27 bits per heavy atom. The number of nitrogens with one attached hydrogen (secondary N) is 2. The molecule has 0 saturated carbocycles. The monoisotopic (exact) mass is 393 g/mol. The maximum absolute atomic E-state index is 10.9. The molecule has 0 radical (unpaired) electrons. The Bertz CT molecular complexity index is 916. The SMILES string of the molecule is CC[NH+]1CC[NH+]([C@H](c2ccccc2Cl)c2sc3nc(C)nn3c2O)CC1. The van der Waals surface area contributed by atoms with Crippen LogP contribution in [0.4, 0.5) is 0 Å². The minimum Gasteiger partial charge on any atom is -0.492 e. The maximum Gasteiger partial charge on any atom is 0.235 e. The number of fused-ring (bicyclic) bond motifs is 1. The molecule has 0 bridgehead atoms. The predicted molar refractivity (Wildman–Crippen MR) is 102 cm³/mol. The number of aromatic nitrogens is 3. The average molecular weight is 394 g/mol. The summed E-state index contributed by atoms with van der Waals surface area (Å²) < 4.78 is 1.55. The smallest absolute Gasteiger partial charge is 0.235 e. The van der Waals surface area contributed by atoms with E-state index in [1.165, 1.54) is 16.2 Å². The number of piperazine rings is 1. The first kappa shape index (κ1) is 17.7. The van der Waals surface area contributed by atoms with Gasteiger partial charge in [0.1, 0.15) is 36.9 Å². The maximum atomic E-state index is 10.9. The number of hydrogen-bond acceptors (Lipinski definition) is 4. The van der Waals surface area contributed by atoms with Crippen molar-refractivity contribution in [3.05, 3.63) is 45.6 Å². The first-order valence-electron chi connectivity index (χ1n) is 9.06. The molecule has 0 unspecified atom stereocenters. The van der Waals surface area contributed by atoms with Gasteiger partial charge in [0.05, 0.1) is 11.6 Å². The van der Waals surface area contributed by atoms with Crippen molar-refractivity contribution in [1.82, 2.24) is 14.6 Å². The zero-order valence-corrected chi connectivity index (χ0v) is 16.6. The number of quaternary nitrogens is 2. The Morgan fingerprint density at radius 2 is 2.00 bits per heavy atom. The summed E-state index contributed by atoms with van der Waals surface area (Å²) in [5.74, 6) is 0.855. The summed E-state index contributed by atoms with van der Waals surface area (Å²) in [6.07, 6.45) is 0. The lowest BCUT2D eigenvalue weighted by molar-refractivity contribution is -1.02. The molecule has 2 aromatic heterocycles. The third kappa shape index (κ3) is 3.09. The van der Waals surface area contributed by atoms with Crippen LogP contribution >= 0.6 is 22.9 Å². The Labute approximate surface area is 161 Å². The molecule has 1 saturated heterocycles. The number of hydrogen-bond donors (Lipinski definition) is 3. The predicted octanol–water partition coefficient (Wildman–Crippen LogP) is 0.351. The third-order valence-corrected chi connectivity index (χ3v) is 6.72. The summed E-state index contributed by atoms with van der Waals surface area (Å²) in [5, 5.41) is 15.9. The number of likely N-dealkylation sites (N-methyl/N-ethyl adjacent to an activating group) is 1. The lowest BCUT2D eigenvalue weighted by Gasteiger charge is -2.34. The zero-order chi connectivity index (χ0) is 18.3. The lowest BCUT2D eigenvalue weighted by atomic mass is 10.0. The molecule has 3 heterocycles. The van der Waals surface area contributed by atoms with Gasteiger partial charge in [-0.3, -0.25) is 0 Å². The first-order valence-corrected chi connectivity index (χ1v) is 10.3. The van der Waals surface area contributed by atoms with Gasteiger partial charge >= 0.3 is 0 Å². The molecular formula is C18H24ClN5OS+2. The number of thiazole rings is 1. The number of aryl methyl sites for hydroxylation is 1. The fraction of sp³-hybridized carbons (Fsp3) is 0.444. The van der Waals surface area contributed by atoms with Crippen molar-refractivity contribution in [2.75, 3.05) is 32.7 Å². The standard InChI is InChI=1S/C18H22ClN5OS/c1-3-22-8-10-23(11-9-22)15(13-6-4-5-7-14(13)19)16-17(25)24-18(26-16)20-12(2)21-24/h4-7,15,25H,3,8-11H2,1-2H3/p+2/t15-/m1/s1. The van der Waals surface area contributed by atoms with E-state index in [1.54, 1.807) is 9.42 Å². The van der Waals surface area contributed by atoms with Crippen LogP contribution in [0.15, 0.2) is 24.3 Å². The van der Waals surface area contributed by atoms with Crippen LogP contribution in [-0.4, -0.2) is 52.4 Å². The Kier molecular flexibility index (Phi) is 4.88. The minimum atomic E-state index is -0.00378. The Morgan fingerprint density at radius 3 is 2.65 bits per heavy atom. The van der Waals surface area contributed by atoms with E-state index >= 15 is 0 Å².